The Morgan fingerprint density at radius 3 is 1.44 bits per heavy atom. The van der Waals surface area contributed by atoms with Crippen molar-refractivity contribution in [2.75, 3.05) is 16.5 Å². The van der Waals surface area contributed by atoms with Gasteiger partial charge in [-0.05, 0) is 22.9 Å². The van der Waals surface area contributed by atoms with E-state index in [0.29, 0.717) is 0 Å². The van der Waals surface area contributed by atoms with Crippen molar-refractivity contribution in [3.8, 4) is 0 Å². The molecule has 0 amide bonds. The van der Waals surface area contributed by atoms with Gasteiger partial charge in [0.05, 0.1) is 18.0 Å². The van der Waals surface area contributed by atoms with Crippen LogP contribution in [0.1, 0.15) is 0 Å². The third-order valence-corrected chi connectivity index (χ3v) is 4.88. The zero-order valence-corrected chi connectivity index (χ0v) is 13.8. The normalized spacial score (nSPS) is 13.9. The zero-order chi connectivity index (χ0) is 16.6. The first kappa shape index (κ1) is 14.1. The lowest BCUT2D eigenvalue weighted by atomic mass is 10.1. The lowest BCUT2D eigenvalue weighted by Crippen LogP contribution is -2.24. The van der Waals surface area contributed by atoms with Gasteiger partial charge in [-0.1, -0.05) is 72.8 Å². The van der Waals surface area contributed by atoms with Crippen LogP contribution in [0.5, 0.6) is 0 Å². The second kappa shape index (κ2) is 5.67. The molecule has 0 N–H and O–H groups in total. The third kappa shape index (κ3) is 2.34. The van der Waals surface area contributed by atoms with E-state index in [1.54, 1.807) is 0 Å². The van der Waals surface area contributed by atoms with Gasteiger partial charge in [0, 0.05) is 23.2 Å². The minimum absolute atomic E-state index is 0.821. The van der Waals surface area contributed by atoms with E-state index in [9.17, 15) is 0 Å². The second-order valence-electron chi connectivity index (χ2n) is 6.38. The van der Waals surface area contributed by atoms with Crippen molar-refractivity contribution >= 4 is 32.9 Å². The summed E-state index contributed by atoms with van der Waals surface area (Å²) < 4.78 is 0. The zero-order valence-electron chi connectivity index (χ0n) is 13.8. The van der Waals surface area contributed by atoms with E-state index in [1.807, 2.05) is 0 Å². The predicted molar refractivity (Wildman–Crippen MR) is 107 cm³/mol. The molecular weight excluding hydrogens is 304 g/mol. The lowest BCUT2D eigenvalue weighted by Gasteiger charge is -2.23. The number of hydrogen-bond donors (Lipinski definition) is 0. The van der Waals surface area contributed by atoms with Crippen LogP contribution in [0, 0.1) is 0 Å². The van der Waals surface area contributed by atoms with Crippen molar-refractivity contribution in [1.29, 1.82) is 0 Å². The molecule has 1 heterocycles. The molecule has 25 heavy (non-hydrogen) atoms. The van der Waals surface area contributed by atoms with Gasteiger partial charge in [0.1, 0.15) is 0 Å². The van der Waals surface area contributed by atoms with Crippen LogP contribution in [0.3, 0.4) is 0 Å². The molecule has 5 rings (SSSR count). The Morgan fingerprint density at radius 1 is 0.480 bits per heavy atom. The summed E-state index contributed by atoms with van der Waals surface area (Å²) in [6.07, 6.45) is 4.34. The Balaban J connectivity index is 1.53. The van der Waals surface area contributed by atoms with E-state index >= 15 is 0 Å². The molecule has 0 bridgehead atoms. The van der Waals surface area contributed by atoms with E-state index in [1.165, 1.54) is 32.9 Å². The van der Waals surface area contributed by atoms with E-state index < -0.39 is 0 Å². The number of nitrogens with zero attached hydrogens (tertiary/aromatic N) is 2. The Hall–Kier alpha value is -3.26. The quantitative estimate of drug-likeness (QED) is 0.464. The highest BCUT2D eigenvalue weighted by Gasteiger charge is 2.18. The largest absolute Gasteiger partial charge is 0.327 e. The highest BCUT2D eigenvalue weighted by Crippen LogP contribution is 2.33. The molecule has 1 aliphatic heterocycles. The molecule has 0 atom stereocenters. The molecule has 0 saturated heterocycles. The molecule has 1 aliphatic rings. The van der Waals surface area contributed by atoms with Crippen LogP contribution < -0.4 is 9.80 Å². The standard InChI is InChI=1S/C23H18N2/c1-3-11-20-18(7-1)9-5-13-22(20)24-15-16-25(17-24)23-14-6-10-19-8-2-4-12-21(19)23/h1-16H,17H2. The second-order valence-corrected chi connectivity index (χ2v) is 6.38. The van der Waals surface area contributed by atoms with Crippen molar-refractivity contribution in [3.63, 3.8) is 0 Å². The van der Waals surface area contributed by atoms with Gasteiger partial charge in [0.25, 0.3) is 0 Å². The maximum atomic E-state index is 2.31. The van der Waals surface area contributed by atoms with Gasteiger partial charge in [-0.25, -0.2) is 0 Å². The minimum atomic E-state index is 0.821. The average molecular weight is 322 g/mol. The molecule has 4 aromatic carbocycles. The maximum absolute atomic E-state index is 2.31. The summed E-state index contributed by atoms with van der Waals surface area (Å²) in [6, 6.07) is 30.1. The summed E-state index contributed by atoms with van der Waals surface area (Å²) in [4.78, 5) is 4.62. The molecule has 120 valence electrons. The summed E-state index contributed by atoms with van der Waals surface area (Å²) in [5, 5.41) is 5.12. The van der Waals surface area contributed by atoms with Gasteiger partial charge >= 0.3 is 0 Å². The summed E-state index contributed by atoms with van der Waals surface area (Å²) in [7, 11) is 0. The van der Waals surface area contributed by atoms with Crippen LogP contribution in [0.25, 0.3) is 21.5 Å². The molecule has 0 aliphatic carbocycles. The number of fused-ring (bicyclic) bond motifs is 2. The van der Waals surface area contributed by atoms with Crippen molar-refractivity contribution < 1.29 is 0 Å². The van der Waals surface area contributed by atoms with E-state index in [2.05, 4.69) is 107 Å². The molecule has 0 fully saturated rings. The summed E-state index contributed by atoms with van der Waals surface area (Å²) in [5.41, 5.74) is 2.49. The number of hydrogen-bond acceptors (Lipinski definition) is 2. The fraction of sp³-hybridized carbons (Fsp3) is 0.0435. The Bertz CT molecular complexity index is 999. The van der Waals surface area contributed by atoms with Gasteiger partial charge < -0.3 is 9.80 Å². The monoisotopic (exact) mass is 322 g/mol. The van der Waals surface area contributed by atoms with Gasteiger partial charge in [-0.3, -0.25) is 0 Å². The average Bonchev–Trinajstić information content (AvgIpc) is 3.17. The number of rotatable bonds is 2. The lowest BCUT2D eigenvalue weighted by molar-refractivity contribution is 0.983. The summed E-state index contributed by atoms with van der Waals surface area (Å²) in [5.74, 6) is 0. The summed E-state index contributed by atoms with van der Waals surface area (Å²) in [6.45, 7) is 0.821. The van der Waals surface area contributed by atoms with E-state index in [4.69, 9.17) is 0 Å². The third-order valence-electron chi connectivity index (χ3n) is 4.88. The molecule has 0 unspecified atom stereocenters. The highest BCUT2D eigenvalue weighted by atomic mass is 15.3. The van der Waals surface area contributed by atoms with Crippen molar-refractivity contribution in [2.24, 2.45) is 0 Å². The molecule has 0 saturated carbocycles. The van der Waals surface area contributed by atoms with Gasteiger partial charge in [0.15, 0.2) is 0 Å². The van der Waals surface area contributed by atoms with Gasteiger partial charge in [-0.2, -0.15) is 0 Å². The van der Waals surface area contributed by atoms with Crippen LogP contribution in [0.2, 0.25) is 0 Å². The van der Waals surface area contributed by atoms with E-state index in [-0.39, 0.29) is 0 Å². The van der Waals surface area contributed by atoms with Crippen molar-refractivity contribution in [2.45, 2.75) is 0 Å². The fourth-order valence-corrected chi connectivity index (χ4v) is 3.65. The molecular formula is C23H18N2. The van der Waals surface area contributed by atoms with Crippen molar-refractivity contribution in [1.82, 2.24) is 0 Å². The summed E-state index contributed by atoms with van der Waals surface area (Å²) >= 11 is 0. The molecule has 0 spiro atoms. The Morgan fingerprint density at radius 2 is 0.920 bits per heavy atom. The van der Waals surface area contributed by atoms with Crippen molar-refractivity contribution in [3.05, 3.63) is 97.3 Å². The van der Waals surface area contributed by atoms with Gasteiger partial charge in [-0.15, -0.1) is 0 Å². The molecule has 0 radical (unpaired) electrons. The van der Waals surface area contributed by atoms with Gasteiger partial charge in [0.2, 0.25) is 0 Å². The highest BCUT2D eigenvalue weighted by molar-refractivity contribution is 5.97. The topological polar surface area (TPSA) is 6.48 Å². The van der Waals surface area contributed by atoms with Crippen LogP contribution in [-0.4, -0.2) is 6.67 Å². The SMILES string of the molecule is C1=CN(c2cccc3ccccc23)CN1c1cccc2ccccc12. The first-order valence-electron chi connectivity index (χ1n) is 8.57. The van der Waals surface area contributed by atoms with Crippen LogP contribution in [-0.2, 0) is 0 Å². The van der Waals surface area contributed by atoms with Crippen LogP contribution in [0.15, 0.2) is 97.3 Å². The first-order chi connectivity index (χ1) is 12.4. The smallest absolute Gasteiger partial charge is 0.0989 e. The first-order valence-corrected chi connectivity index (χ1v) is 8.57. The van der Waals surface area contributed by atoms with Crippen LogP contribution in [0.4, 0.5) is 11.4 Å². The molecule has 0 aromatic heterocycles. The van der Waals surface area contributed by atoms with E-state index in [0.717, 1.165) is 6.67 Å². The molecule has 4 aromatic rings. The fourth-order valence-electron chi connectivity index (χ4n) is 3.65. The molecule has 2 nitrogen and oxygen atoms in total. The number of anilines is 2. The van der Waals surface area contributed by atoms with Crippen LogP contribution >= 0.6 is 0 Å². The maximum Gasteiger partial charge on any atom is 0.0989 e. The number of benzene rings is 4. The Kier molecular flexibility index (Phi) is 3.20. The molecule has 2 heteroatoms. The Labute approximate surface area is 147 Å². The minimum Gasteiger partial charge on any atom is -0.327 e. The predicted octanol–water partition coefficient (Wildman–Crippen LogP) is 5.75.